The number of para-hydroxylation sites is 1. The van der Waals surface area contributed by atoms with E-state index < -0.39 is 50.5 Å². The maximum absolute atomic E-state index is 13.6. The Bertz CT molecular complexity index is 1070. The lowest BCUT2D eigenvalue weighted by Crippen LogP contribution is -2.39. The van der Waals surface area contributed by atoms with Crippen molar-refractivity contribution in [2.75, 3.05) is 23.0 Å². The number of carbonyl (C=O) groups is 2. The second-order valence-corrected chi connectivity index (χ2v) is 12.0. The third-order valence-corrected chi connectivity index (χ3v) is 7.97. The summed E-state index contributed by atoms with van der Waals surface area (Å²) < 4.78 is 70.2. The van der Waals surface area contributed by atoms with E-state index in [9.17, 15) is 31.2 Å². The molecule has 33 heavy (non-hydrogen) atoms. The molecule has 2 aliphatic heterocycles. The molecule has 0 aliphatic carbocycles. The van der Waals surface area contributed by atoms with E-state index in [-0.39, 0.29) is 35.3 Å². The number of thioether (sulfide) groups is 1. The van der Waals surface area contributed by atoms with Gasteiger partial charge in [-0.3, -0.25) is 4.79 Å². The fourth-order valence-electron chi connectivity index (χ4n) is 3.52. The van der Waals surface area contributed by atoms with Crippen LogP contribution >= 0.6 is 11.8 Å². The molecule has 1 aromatic carbocycles. The van der Waals surface area contributed by atoms with Crippen LogP contribution in [0, 0.1) is 0 Å². The Morgan fingerprint density at radius 3 is 2.52 bits per heavy atom. The molecule has 182 valence electrons. The number of halogens is 3. The number of alkyl carbamates (subject to hydrolysis) is 1. The topological polar surface area (TPSA) is 105 Å². The number of rotatable bonds is 4. The summed E-state index contributed by atoms with van der Waals surface area (Å²) in [6.45, 7) is 4.98. The molecular weight excluding hydrogens is 483 g/mol. The van der Waals surface area contributed by atoms with Gasteiger partial charge in [-0.05, 0) is 32.9 Å². The number of carbonyl (C=O) groups excluding carboxylic acids is 2. The third kappa shape index (κ3) is 6.40. The number of benzene rings is 1. The Balaban J connectivity index is 1.82. The summed E-state index contributed by atoms with van der Waals surface area (Å²) in [6, 6.07) is 4.02. The van der Waals surface area contributed by atoms with Crippen LogP contribution < -0.4 is 10.2 Å². The van der Waals surface area contributed by atoms with Gasteiger partial charge in [-0.15, -0.1) is 0 Å². The van der Waals surface area contributed by atoms with E-state index in [1.807, 2.05) is 0 Å². The highest BCUT2D eigenvalue weighted by molar-refractivity contribution is 8.16. The van der Waals surface area contributed by atoms with Gasteiger partial charge in [0.15, 0.2) is 15.0 Å². The third-order valence-electron chi connectivity index (χ3n) is 4.76. The molecule has 1 aromatic rings. The van der Waals surface area contributed by atoms with Crippen LogP contribution in [0.4, 0.5) is 23.7 Å². The number of anilines is 1. The molecule has 0 spiro atoms. The normalized spacial score (nSPS) is 23.5. The van der Waals surface area contributed by atoms with Gasteiger partial charge < -0.3 is 15.0 Å². The molecule has 3 rings (SSSR count). The summed E-state index contributed by atoms with van der Waals surface area (Å²) in [5.41, 5.74) is -1.90. The predicted octanol–water partition coefficient (Wildman–Crippen LogP) is 3.22. The molecule has 13 heteroatoms. The smallest absolute Gasteiger partial charge is 0.418 e. The van der Waals surface area contributed by atoms with Crippen molar-refractivity contribution in [1.29, 1.82) is 0 Å². The molecule has 2 saturated heterocycles. The van der Waals surface area contributed by atoms with Crippen LogP contribution in [0.1, 0.15) is 32.8 Å². The zero-order chi connectivity index (χ0) is 24.6. The zero-order valence-corrected chi connectivity index (χ0v) is 19.8. The lowest BCUT2D eigenvalue weighted by molar-refractivity contribution is -0.137. The summed E-state index contributed by atoms with van der Waals surface area (Å²) >= 11 is 0.978. The van der Waals surface area contributed by atoms with Crippen LogP contribution in [-0.4, -0.2) is 60.5 Å². The minimum Gasteiger partial charge on any atom is -0.444 e. The van der Waals surface area contributed by atoms with E-state index >= 15 is 0 Å². The van der Waals surface area contributed by atoms with Gasteiger partial charge in [-0.2, -0.15) is 18.2 Å². The number of sulfone groups is 1. The number of nitrogens with one attached hydrogen (secondary N) is 1. The number of hydrogen-bond donors (Lipinski definition) is 1. The standard InChI is InChI=1S/C20H24F3N3O5S2/c1-19(2,3)31-18(28)24-9-8-16(27)25-17-26(14-10-33(29,30)11-15(14)32-17)13-7-5-4-6-12(13)20(21,22)23/h4-7,14-15H,8-11H2,1-3H3,(H,24,28)/t14-,15-/m0/s1. The van der Waals surface area contributed by atoms with Gasteiger partial charge in [0.25, 0.3) is 0 Å². The van der Waals surface area contributed by atoms with Gasteiger partial charge in [0.05, 0.1) is 28.8 Å². The van der Waals surface area contributed by atoms with Crippen LogP contribution in [0.3, 0.4) is 0 Å². The number of nitrogens with zero attached hydrogens (tertiary/aromatic N) is 2. The highest BCUT2D eigenvalue weighted by Crippen LogP contribution is 2.45. The van der Waals surface area contributed by atoms with Crippen molar-refractivity contribution in [2.24, 2.45) is 4.99 Å². The summed E-state index contributed by atoms with van der Waals surface area (Å²) in [7, 11) is -3.43. The van der Waals surface area contributed by atoms with Crippen molar-refractivity contribution in [2.45, 2.75) is 50.3 Å². The number of hydrogen-bond acceptors (Lipinski definition) is 6. The van der Waals surface area contributed by atoms with E-state index in [1.54, 1.807) is 20.8 Å². The molecule has 2 atom stereocenters. The average Bonchev–Trinajstić information content (AvgIpc) is 3.10. The molecule has 1 N–H and O–H groups in total. The van der Waals surface area contributed by atoms with Crippen molar-refractivity contribution in [3.05, 3.63) is 29.8 Å². The number of amidine groups is 1. The first kappa shape index (κ1) is 25.3. The molecule has 0 radical (unpaired) electrons. The molecule has 2 fully saturated rings. The van der Waals surface area contributed by atoms with Crippen LogP contribution in [0.2, 0.25) is 0 Å². The number of amides is 2. The van der Waals surface area contributed by atoms with Gasteiger partial charge in [0, 0.05) is 18.2 Å². The molecule has 2 heterocycles. The Morgan fingerprint density at radius 2 is 1.88 bits per heavy atom. The second kappa shape index (κ2) is 9.16. The monoisotopic (exact) mass is 507 g/mol. The first-order chi connectivity index (χ1) is 15.2. The van der Waals surface area contributed by atoms with Crippen LogP contribution in [-0.2, 0) is 25.5 Å². The Hall–Kier alpha value is -2.28. The maximum Gasteiger partial charge on any atom is 0.418 e. The van der Waals surface area contributed by atoms with Gasteiger partial charge in [-0.1, -0.05) is 23.9 Å². The minimum atomic E-state index is -4.68. The van der Waals surface area contributed by atoms with E-state index in [0.29, 0.717) is 0 Å². The van der Waals surface area contributed by atoms with Gasteiger partial charge in [0.2, 0.25) is 5.91 Å². The highest BCUT2D eigenvalue weighted by atomic mass is 32.2. The van der Waals surface area contributed by atoms with Gasteiger partial charge >= 0.3 is 12.3 Å². The second-order valence-electron chi connectivity index (χ2n) is 8.65. The quantitative estimate of drug-likeness (QED) is 0.667. The largest absolute Gasteiger partial charge is 0.444 e. The van der Waals surface area contributed by atoms with Crippen LogP contribution in [0.5, 0.6) is 0 Å². The number of alkyl halides is 3. The fraction of sp³-hybridized carbons (Fsp3) is 0.550. The number of ether oxygens (including phenoxy) is 1. The van der Waals surface area contributed by atoms with Crippen LogP contribution in [0.15, 0.2) is 29.3 Å². The van der Waals surface area contributed by atoms with Gasteiger partial charge in [0.1, 0.15) is 5.60 Å². The summed E-state index contributed by atoms with van der Waals surface area (Å²) in [5.74, 6) is -1.20. The van der Waals surface area contributed by atoms with Crippen molar-refractivity contribution in [3.8, 4) is 0 Å². The number of fused-ring (bicyclic) bond motifs is 1. The van der Waals surface area contributed by atoms with E-state index in [1.165, 1.54) is 23.1 Å². The number of aliphatic imine (C=N–C) groups is 1. The summed E-state index contributed by atoms with van der Waals surface area (Å²) in [6.07, 6.45) is -5.59. The van der Waals surface area contributed by atoms with E-state index in [0.717, 1.165) is 17.8 Å². The Labute approximate surface area is 193 Å². The van der Waals surface area contributed by atoms with E-state index in [2.05, 4.69) is 10.3 Å². The highest BCUT2D eigenvalue weighted by Gasteiger charge is 2.51. The molecule has 0 saturated carbocycles. The molecule has 2 amide bonds. The molecular formula is C20H24F3N3O5S2. The first-order valence-corrected chi connectivity index (χ1v) is 12.8. The predicted molar refractivity (Wildman–Crippen MR) is 119 cm³/mol. The summed E-state index contributed by atoms with van der Waals surface area (Å²) in [4.78, 5) is 29.3. The van der Waals surface area contributed by atoms with Crippen molar-refractivity contribution in [1.82, 2.24) is 5.32 Å². The fourth-order valence-corrected chi connectivity index (χ4v) is 7.44. The summed E-state index contributed by atoms with van der Waals surface area (Å²) in [5, 5.41) is 1.89. The van der Waals surface area contributed by atoms with Crippen molar-refractivity contribution < 1.29 is 35.9 Å². The van der Waals surface area contributed by atoms with E-state index in [4.69, 9.17) is 4.74 Å². The zero-order valence-electron chi connectivity index (χ0n) is 18.2. The first-order valence-electron chi connectivity index (χ1n) is 10.1. The Kier molecular flexibility index (Phi) is 7.04. The van der Waals surface area contributed by atoms with Gasteiger partial charge in [-0.25, -0.2) is 13.2 Å². The lowest BCUT2D eigenvalue weighted by Gasteiger charge is -2.27. The molecule has 0 bridgehead atoms. The van der Waals surface area contributed by atoms with Crippen molar-refractivity contribution >= 4 is 44.5 Å². The SMILES string of the molecule is CC(C)(C)OC(=O)NCCC(=O)N=C1S[C@H]2CS(=O)(=O)C[C@@H]2N1c1ccccc1C(F)(F)F. The average molecular weight is 508 g/mol. The molecule has 8 nitrogen and oxygen atoms in total. The molecule has 0 unspecified atom stereocenters. The minimum absolute atomic E-state index is 0.0128. The van der Waals surface area contributed by atoms with Crippen LogP contribution in [0.25, 0.3) is 0 Å². The molecule has 0 aromatic heterocycles. The lowest BCUT2D eigenvalue weighted by atomic mass is 10.1. The Morgan fingerprint density at radius 1 is 1.21 bits per heavy atom. The molecule has 2 aliphatic rings. The maximum atomic E-state index is 13.6. The van der Waals surface area contributed by atoms with Crippen molar-refractivity contribution in [3.63, 3.8) is 0 Å².